The van der Waals surface area contributed by atoms with Crippen molar-refractivity contribution in [3.63, 3.8) is 0 Å². The fourth-order valence-corrected chi connectivity index (χ4v) is 4.64. The largest absolute Gasteiger partial charge is 0.294 e. The number of aromatic amines is 1. The first kappa shape index (κ1) is 18.7. The molecule has 0 atom stereocenters. The molecule has 7 nitrogen and oxygen atoms in total. The summed E-state index contributed by atoms with van der Waals surface area (Å²) in [5.41, 5.74) is 3.64. The van der Waals surface area contributed by atoms with Gasteiger partial charge in [0.05, 0.1) is 6.54 Å². The fraction of sp³-hybridized carbons (Fsp3) is 0.348. The number of hydrogen-bond donors (Lipinski definition) is 1. The van der Waals surface area contributed by atoms with Crippen LogP contribution in [0.3, 0.4) is 0 Å². The van der Waals surface area contributed by atoms with Gasteiger partial charge in [0.2, 0.25) is 5.82 Å². The first-order valence-electron chi connectivity index (χ1n) is 10.5. The number of benzene rings is 2. The highest BCUT2D eigenvalue weighted by atomic mass is 16.2. The van der Waals surface area contributed by atoms with E-state index in [0.29, 0.717) is 12.4 Å². The minimum absolute atomic E-state index is 0.172. The maximum Gasteiger partial charge on any atom is 0.256 e. The number of amides is 1. The minimum atomic E-state index is -0.494. The predicted octanol–water partition coefficient (Wildman–Crippen LogP) is 4.00. The molecule has 1 N–H and O–H groups in total. The van der Waals surface area contributed by atoms with E-state index in [1.807, 2.05) is 36.1 Å². The number of hydrogen-bond acceptors (Lipinski definition) is 5. The summed E-state index contributed by atoms with van der Waals surface area (Å²) in [6.07, 6.45) is 5.14. The summed E-state index contributed by atoms with van der Waals surface area (Å²) in [6, 6.07) is 16.3. The predicted molar refractivity (Wildman–Crippen MR) is 115 cm³/mol. The molecule has 2 heterocycles. The van der Waals surface area contributed by atoms with Crippen LogP contribution in [0, 0.1) is 0 Å². The van der Waals surface area contributed by atoms with Gasteiger partial charge in [0.1, 0.15) is 11.4 Å². The fourth-order valence-electron chi connectivity index (χ4n) is 4.64. The Morgan fingerprint density at radius 2 is 1.73 bits per heavy atom. The first-order valence-corrected chi connectivity index (χ1v) is 10.5. The molecule has 3 aromatic rings. The minimum Gasteiger partial charge on any atom is -0.294 e. The summed E-state index contributed by atoms with van der Waals surface area (Å²) in [5, 5.41) is 14.4. The molecule has 1 amide bonds. The average Bonchev–Trinajstić information content (AvgIpc) is 3.39. The number of nitrogens with zero attached hydrogens (tertiary/aromatic N) is 5. The summed E-state index contributed by atoms with van der Waals surface area (Å²) in [4.78, 5) is 19.8. The molecule has 1 spiro atoms. The Bertz CT molecular complexity index is 1080. The molecule has 1 aromatic heterocycles. The molecule has 0 saturated heterocycles. The van der Waals surface area contributed by atoms with Gasteiger partial charge >= 0.3 is 0 Å². The lowest BCUT2D eigenvalue weighted by molar-refractivity contribution is -0.132. The van der Waals surface area contributed by atoms with E-state index >= 15 is 0 Å². The lowest BCUT2D eigenvalue weighted by Crippen LogP contribution is -2.43. The summed E-state index contributed by atoms with van der Waals surface area (Å²) < 4.78 is 0. The van der Waals surface area contributed by atoms with Crippen LogP contribution in [-0.2, 0) is 11.3 Å². The van der Waals surface area contributed by atoms with Gasteiger partial charge in [0.25, 0.3) is 5.91 Å². The van der Waals surface area contributed by atoms with E-state index in [-0.39, 0.29) is 5.91 Å². The molecule has 2 aromatic carbocycles. The lowest BCUT2D eigenvalue weighted by Gasteiger charge is -2.29. The molecule has 1 aliphatic heterocycles. The SMILES string of the molecule is CC1=NC2(CCCCC2)C(=O)N1Cc1ccc(-c2ccccc2-c2nn[nH]n2)cc1. The number of rotatable bonds is 4. The van der Waals surface area contributed by atoms with Gasteiger partial charge in [-0.3, -0.25) is 14.7 Å². The van der Waals surface area contributed by atoms with Gasteiger partial charge in [-0.1, -0.05) is 67.8 Å². The van der Waals surface area contributed by atoms with E-state index in [4.69, 9.17) is 4.99 Å². The summed E-state index contributed by atoms with van der Waals surface area (Å²) in [5.74, 6) is 1.58. The van der Waals surface area contributed by atoms with Crippen LogP contribution in [-0.4, -0.2) is 42.8 Å². The number of carbonyl (C=O) groups is 1. The summed E-state index contributed by atoms with van der Waals surface area (Å²) in [6.45, 7) is 2.51. The number of carbonyl (C=O) groups excluding carboxylic acids is 1. The zero-order valence-corrected chi connectivity index (χ0v) is 17.0. The highest BCUT2D eigenvalue weighted by Crippen LogP contribution is 2.38. The van der Waals surface area contributed by atoms with Crippen LogP contribution in [0.4, 0.5) is 0 Å². The average molecular weight is 400 g/mol. The second-order valence-corrected chi connectivity index (χ2v) is 8.12. The van der Waals surface area contributed by atoms with Gasteiger partial charge in [0, 0.05) is 5.56 Å². The Morgan fingerprint density at radius 3 is 2.43 bits per heavy atom. The summed E-state index contributed by atoms with van der Waals surface area (Å²) in [7, 11) is 0. The van der Waals surface area contributed by atoms with Crippen molar-refractivity contribution in [1.29, 1.82) is 0 Å². The Labute approximate surface area is 175 Å². The molecule has 0 bridgehead atoms. The molecule has 1 saturated carbocycles. The molecule has 0 radical (unpaired) electrons. The third-order valence-corrected chi connectivity index (χ3v) is 6.21. The highest BCUT2D eigenvalue weighted by Gasteiger charge is 2.47. The molecule has 0 unspecified atom stereocenters. The Balaban J connectivity index is 1.37. The first-order chi connectivity index (χ1) is 14.7. The van der Waals surface area contributed by atoms with Crippen molar-refractivity contribution in [1.82, 2.24) is 25.5 Å². The van der Waals surface area contributed by atoms with Crippen molar-refractivity contribution in [3.05, 3.63) is 54.1 Å². The normalized spacial score (nSPS) is 18.1. The highest BCUT2D eigenvalue weighted by molar-refractivity contribution is 6.07. The molecular weight excluding hydrogens is 376 g/mol. The Morgan fingerprint density at radius 1 is 1.00 bits per heavy atom. The van der Waals surface area contributed by atoms with Crippen LogP contribution in [0.1, 0.15) is 44.6 Å². The van der Waals surface area contributed by atoms with Crippen LogP contribution in [0.5, 0.6) is 0 Å². The third-order valence-electron chi connectivity index (χ3n) is 6.21. The molecule has 2 aliphatic rings. The molecule has 152 valence electrons. The van der Waals surface area contributed by atoms with Gasteiger partial charge in [-0.15, -0.1) is 10.2 Å². The number of tetrazole rings is 1. The van der Waals surface area contributed by atoms with Crippen molar-refractivity contribution < 1.29 is 4.79 Å². The van der Waals surface area contributed by atoms with Gasteiger partial charge < -0.3 is 0 Å². The zero-order chi connectivity index (χ0) is 20.6. The maximum absolute atomic E-state index is 13.2. The van der Waals surface area contributed by atoms with Gasteiger partial charge in [-0.25, -0.2) is 0 Å². The third kappa shape index (κ3) is 3.20. The molecular formula is C23H24N6O. The van der Waals surface area contributed by atoms with Crippen molar-refractivity contribution in [2.75, 3.05) is 0 Å². The molecule has 1 aliphatic carbocycles. The van der Waals surface area contributed by atoms with Crippen LogP contribution >= 0.6 is 0 Å². The number of H-pyrrole nitrogens is 1. The molecule has 5 rings (SSSR count). The standard InChI is InChI=1S/C23H24N6O/c1-16-24-23(13-5-2-6-14-23)22(30)29(16)15-17-9-11-18(12-10-17)19-7-3-4-8-20(19)21-25-27-28-26-21/h3-4,7-12H,2,5-6,13-15H2,1H3,(H,25,26,27,28). The Kier molecular flexibility index (Phi) is 4.65. The van der Waals surface area contributed by atoms with E-state index in [1.54, 1.807) is 0 Å². The van der Waals surface area contributed by atoms with Crippen molar-refractivity contribution in [2.24, 2.45) is 4.99 Å². The molecule has 30 heavy (non-hydrogen) atoms. The smallest absolute Gasteiger partial charge is 0.256 e. The van der Waals surface area contributed by atoms with E-state index < -0.39 is 5.54 Å². The summed E-state index contributed by atoms with van der Waals surface area (Å²) >= 11 is 0. The number of aliphatic imine (C=N–C) groups is 1. The van der Waals surface area contributed by atoms with Gasteiger partial charge in [-0.2, -0.15) is 5.21 Å². The topological polar surface area (TPSA) is 87.1 Å². The quantitative estimate of drug-likeness (QED) is 0.717. The van der Waals surface area contributed by atoms with Crippen molar-refractivity contribution in [2.45, 2.75) is 51.1 Å². The van der Waals surface area contributed by atoms with E-state index in [9.17, 15) is 4.79 Å². The van der Waals surface area contributed by atoms with E-state index in [1.165, 1.54) is 6.42 Å². The van der Waals surface area contributed by atoms with Gasteiger partial charge in [0.15, 0.2) is 0 Å². The van der Waals surface area contributed by atoms with Crippen molar-refractivity contribution >= 4 is 11.7 Å². The van der Waals surface area contributed by atoms with Crippen LogP contribution < -0.4 is 0 Å². The van der Waals surface area contributed by atoms with Crippen molar-refractivity contribution in [3.8, 4) is 22.5 Å². The monoisotopic (exact) mass is 400 g/mol. The van der Waals surface area contributed by atoms with Crippen LogP contribution in [0.25, 0.3) is 22.5 Å². The Hall–Kier alpha value is -3.35. The zero-order valence-electron chi connectivity index (χ0n) is 17.0. The van der Waals surface area contributed by atoms with E-state index in [2.05, 4.69) is 44.9 Å². The molecule has 1 fully saturated rings. The molecule has 7 heteroatoms. The second kappa shape index (κ2) is 7.48. The second-order valence-electron chi connectivity index (χ2n) is 8.12. The van der Waals surface area contributed by atoms with Crippen LogP contribution in [0.2, 0.25) is 0 Å². The number of amidine groups is 1. The van der Waals surface area contributed by atoms with Gasteiger partial charge in [-0.05, 0) is 41.7 Å². The van der Waals surface area contributed by atoms with Crippen LogP contribution in [0.15, 0.2) is 53.5 Å². The van der Waals surface area contributed by atoms with E-state index in [0.717, 1.165) is 53.8 Å². The number of nitrogens with one attached hydrogen (secondary N) is 1. The maximum atomic E-state index is 13.2. The number of aromatic nitrogens is 4. The lowest BCUT2D eigenvalue weighted by atomic mass is 9.82.